The highest BCUT2D eigenvalue weighted by Crippen LogP contribution is 2.26. The largest absolute Gasteiger partial charge is 0.351 e. The molecule has 25 heavy (non-hydrogen) atoms. The van der Waals surface area contributed by atoms with Crippen LogP contribution in [0.25, 0.3) is 22.2 Å². The zero-order chi connectivity index (χ0) is 17.6. The summed E-state index contributed by atoms with van der Waals surface area (Å²) in [5.74, 6) is -0.0396. The van der Waals surface area contributed by atoms with Crippen molar-refractivity contribution in [2.75, 3.05) is 26.2 Å². The molecule has 0 aliphatic heterocycles. The van der Waals surface area contributed by atoms with E-state index in [1.165, 1.54) is 0 Å². The van der Waals surface area contributed by atoms with Crippen molar-refractivity contribution in [1.29, 1.82) is 0 Å². The molecule has 4 nitrogen and oxygen atoms in total. The smallest absolute Gasteiger partial charge is 0.252 e. The number of amides is 1. The Balaban J connectivity index is 1.87. The van der Waals surface area contributed by atoms with Crippen LogP contribution in [0.1, 0.15) is 24.2 Å². The van der Waals surface area contributed by atoms with Crippen LogP contribution < -0.4 is 5.32 Å². The third-order valence-corrected chi connectivity index (χ3v) is 5.07. The fraction of sp³-hybridized carbons (Fsp3) is 0.300. The minimum atomic E-state index is -0.0396. The van der Waals surface area contributed by atoms with E-state index in [1.54, 1.807) is 11.3 Å². The maximum Gasteiger partial charge on any atom is 0.252 e. The molecule has 2 aromatic heterocycles. The Bertz CT molecular complexity index is 841. The van der Waals surface area contributed by atoms with Crippen LogP contribution in [0.15, 0.2) is 47.2 Å². The second-order valence-corrected chi connectivity index (χ2v) is 6.65. The second kappa shape index (κ2) is 8.23. The number of benzene rings is 1. The van der Waals surface area contributed by atoms with Gasteiger partial charge in [0.05, 0.1) is 16.8 Å². The van der Waals surface area contributed by atoms with Gasteiger partial charge < -0.3 is 10.2 Å². The van der Waals surface area contributed by atoms with Crippen LogP contribution in [0.3, 0.4) is 0 Å². The number of para-hydroxylation sites is 1. The first-order chi connectivity index (χ1) is 12.2. The summed E-state index contributed by atoms with van der Waals surface area (Å²) < 4.78 is 0. The van der Waals surface area contributed by atoms with Gasteiger partial charge in [0.25, 0.3) is 5.91 Å². The lowest BCUT2D eigenvalue weighted by Crippen LogP contribution is -2.34. The van der Waals surface area contributed by atoms with Gasteiger partial charge in [-0.05, 0) is 36.7 Å². The Hall–Kier alpha value is -2.24. The topological polar surface area (TPSA) is 45.2 Å². The van der Waals surface area contributed by atoms with Gasteiger partial charge in [-0.1, -0.05) is 32.0 Å². The van der Waals surface area contributed by atoms with Crippen LogP contribution in [0.5, 0.6) is 0 Å². The van der Waals surface area contributed by atoms with Crippen LogP contribution in [-0.2, 0) is 0 Å². The maximum atomic E-state index is 12.8. The average Bonchev–Trinajstić information content (AvgIpc) is 3.19. The molecule has 0 bridgehead atoms. The number of fused-ring (bicyclic) bond motifs is 1. The summed E-state index contributed by atoms with van der Waals surface area (Å²) in [7, 11) is 0. The van der Waals surface area contributed by atoms with E-state index in [9.17, 15) is 4.79 Å². The molecule has 0 saturated heterocycles. The van der Waals surface area contributed by atoms with Crippen LogP contribution in [0, 0.1) is 0 Å². The lowest BCUT2D eigenvalue weighted by atomic mass is 10.0. The van der Waals surface area contributed by atoms with Crippen molar-refractivity contribution in [1.82, 2.24) is 15.2 Å². The van der Waals surface area contributed by atoms with E-state index in [0.29, 0.717) is 12.1 Å². The van der Waals surface area contributed by atoms with E-state index >= 15 is 0 Å². The molecule has 2 heterocycles. The normalized spacial score (nSPS) is 11.2. The summed E-state index contributed by atoms with van der Waals surface area (Å²) >= 11 is 1.63. The van der Waals surface area contributed by atoms with Crippen LogP contribution in [-0.4, -0.2) is 42.0 Å². The summed E-state index contributed by atoms with van der Waals surface area (Å²) in [6.45, 7) is 7.76. The third kappa shape index (κ3) is 4.06. The predicted molar refractivity (Wildman–Crippen MR) is 105 cm³/mol. The molecule has 0 radical (unpaired) electrons. The molecule has 0 unspecified atom stereocenters. The van der Waals surface area contributed by atoms with Gasteiger partial charge in [0.2, 0.25) is 0 Å². The number of likely N-dealkylation sites (N-methyl/N-ethyl adjacent to an activating group) is 1. The molecule has 3 rings (SSSR count). The van der Waals surface area contributed by atoms with E-state index in [4.69, 9.17) is 4.98 Å². The number of pyridine rings is 1. The number of nitrogens with one attached hydrogen (secondary N) is 1. The summed E-state index contributed by atoms with van der Waals surface area (Å²) in [5, 5.41) is 8.03. The summed E-state index contributed by atoms with van der Waals surface area (Å²) in [4.78, 5) is 19.8. The zero-order valence-electron chi connectivity index (χ0n) is 14.7. The molecule has 1 aromatic carbocycles. The first kappa shape index (κ1) is 17.6. The first-order valence-corrected chi connectivity index (χ1v) is 9.60. The van der Waals surface area contributed by atoms with Crippen molar-refractivity contribution >= 4 is 28.1 Å². The van der Waals surface area contributed by atoms with Gasteiger partial charge >= 0.3 is 0 Å². The van der Waals surface area contributed by atoms with Crippen molar-refractivity contribution in [2.45, 2.75) is 13.8 Å². The van der Waals surface area contributed by atoms with Gasteiger partial charge in [-0.3, -0.25) is 4.79 Å². The molecular formula is C20H23N3OS. The van der Waals surface area contributed by atoms with Gasteiger partial charge in [-0.15, -0.1) is 0 Å². The second-order valence-electron chi connectivity index (χ2n) is 5.87. The van der Waals surface area contributed by atoms with Crippen molar-refractivity contribution in [3.63, 3.8) is 0 Å². The van der Waals surface area contributed by atoms with Gasteiger partial charge in [0.1, 0.15) is 0 Å². The molecule has 0 aliphatic carbocycles. The third-order valence-electron chi connectivity index (χ3n) is 4.39. The molecule has 0 aliphatic rings. The molecule has 1 N–H and O–H groups in total. The van der Waals surface area contributed by atoms with Gasteiger partial charge in [0.15, 0.2) is 0 Å². The van der Waals surface area contributed by atoms with Crippen LogP contribution in [0.2, 0.25) is 0 Å². The summed E-state index contributed by atoms with van der Waals surface area (Å²) in [6.07, 6.45) is 0. The molecule has 1 amide bonds. The van der Waals surface area contributed by atoms with E-state index in [2.05, 4.69) is 29.4 Å². The molecule has 0 fully saturated rings. The number of aromatic nitrogens is 1. The number of thiophene rings is 1. The Labute approximate surface area is 152 Å². The number of hydrogen-bond acceptors (Lipinski definition) is 4. The SMILES string of the molecule is CCN(CC)CCNC(=O)c1cc(-c2ccsc2)nc2ccccc12. The first-order valence-electron chi connectivity index (χ1n) is 8.65. The molecule has 130 valence electrons. The van der Waals surface area contributed by atoms with Crippen LogP contribution >= 0.6 is 11.3 Å². The number of hydrogen-bond donors (Lipinski definition) is 1. The monoisotopic (exact) mass is 353 g/mol. The molecule has 0 atom stereocenters. The van der Waals surface area contributed by atoms with Crippen molar-refractivity contribution in [3.8, 4) is 11.3 Å². The lowest BCUT2D eigenvalue weighted by molar-refractivity contribution is 0.0950. The van der Waals surface area contributed by atoms with Crippen molar-refractivity contribution in [3.05, 3.63) is 52.7 Å². The van der Waals surface area contributed by atoms with Crippen molar-refractivity contribution < 1.29 is 4.79 Å². The van der Waals surface area contributed by atoms with Gasteiger partial charge in [-0.2, -0.15) is 11.3 Å². The quantitative estimate of drug-likeness (QED) is 0.697. The molecular weight excluding hydrogens is 330 g/mol. The number of carbonyl (C=O) groups excluding carboxylic acids is 1. The minimum absolute atomic E-state index is 0.0396. The van der Waals surface area contributed by atoms with E-state index < -0.39 is 0 Å². The number of rotatable bonds is 7. The highest BCUT2D eigenvalue weighted by molar-refractivity contribution is 7.08. The van der Waals surface area contributed by atoms with Gasteiger partial charge in [-0.25, -0.2) is 4.98 Å². The maximum absolute atomic E-state index is 12.8. The fourth-order valence-corrected chi connectivity index (χ4v) is 3.53. The van der Waals surface area contributed by atoms with E-state index in [0.717, 1.165) is 41.8 Å². The Morgan fingerprint density at radius 2 is 2.00 bits per heavy atom. The van der Waals surface area contributed by atoms with Crippen molar-refractivity contribution in [2.24, 2.45) is 0 Å². The fourth-order valence-electron chi connectivity index (χ4n) is 2.88. The lowest BCUT2D eigenvalue weighted by Gasteiger charge is -2.18. The molecule has 0 spiro atoms. The van der Waals surface area contributed by atoms with E-state index in [-0.39, 0.29) is 5.91 Å². The molecule has 0 saturated carbocycles. The molecule has 3 aromatic rings. The predicted octanol–water partition coefficient (Wildman–Crippen LogP) is 4.03. The van der Waals surface area contributed by atoms with E-state index in [1.807, 2.05) is 41.8 Å². The average molecular weight is 353 g/mol. The highest BCUT2D eigenvalue weighted by Gasteiger charge is 2.14. The summed E-state index contributed by atoms with van der Waals surface area (Å²) in [5.41, 5.74) is 3.42. The standard InChI is InChI=1S/C20H23N3OS/c1-3-23(4-2)11-10-21-20(24)17-13-19(15-9-12-25-14-15)22-18-8-6-5-7-16(17)18/h5-9,12-14H,3-4,10-11H2,1-2H3,(H,21,24). The Morgan fingerprint density at radius 3 is 2.72 bits per heavy atom. The highest BCUT2D eigenvalue weighted by atomic mass is 32.1. The number of nitrogens with zero attached hydrogens (tertiary/aromatic N) is 2. The zero-order valence-corrected chi connectivity index (χ0v) is 15.5. The number of carbonyl (C=O) groups is 1. The minimum Gasteiger partial charge on any atom is -0.351 e. The van der Waals surface area contributed by atoms with Crippen LogP contribution in [0.4, 0.5) is 0 Å². The van der Waals surface area contributed by atoms with Gasteiger partial charge in [0, 0.05) is 29.4 Å². The summed E-state index contributed by atoms with van der Waals surface area (Å²) in [6, 6.07) is 11.7. The Kier molecular flexibility index (Phi) is 5.79. The molecule has 5 heteroatoms. The Morgan fingerprint density at radius 1 is 1.20 bits per heavy atom.